The van der Waals surface area contributed by atoms with Crippen molar-refractivity contribution in [3.63, 3.8) is 0 Å². The summed E-state index contributed by atoms with van der Waals surface area (Å²) in [5.74, 6) is 6.17. The van der Waals surface area contributed by atoms with Gasteiger partial charge in [-0.2, -0.15) is 25.3 Å². The zero-order chi connectivity index (χ0) is 14.2. The third-order valence-electron chi connectivity index (χ3n) is 4.04. The number of hydrogen-bond donors (Lipinski definition) is 2. The van der Waals surface area contributed by atoms with Crippen LogP contribution in [-0.4, -0.2) is 11.5 Å². The maximum absolute atomic E-state index is 4.42. The first-order valence-electron chi connectivity index (χ1n) is 7.35. The van der Waals surface area contributed by atoms with E-state index in [1.807, 2.05) is 10.8 Å². The molecule has 112 valence electrons. The Kier molecular flexibility index (Phi) is 8.15. The molecule has 0 bridgehead atoms. The van der Waals surface area contributed by atoms with Gasteiger partial charge in [-0.3, -0.25) is 0 Å². The van der Waals surface area contributed by atoms with Crippen LogP contribution in [0, 0.1) is 11.8 Å². The predicted octanol–water partition coefficient (Wildman–Crippen LogP) is 5.73. The van der Waals surface area contributed by atoms with Gasteiger partial charge in [0.05, 0.1) is 0 Å². The molecule has 1 aliphatic carbocycles. The standard InChI is InChI=1S/C16H24S4/c17-9-13-1-5-15(6-2-13)11-19-20-12-16-7-3-14(10-18)4-8-16/h1-2,5-6,14,16-18H,3-4,7-12H2. The molecule has 1 aromatic carbocycles. The average Bonchev–Trinajstić information content (AvgIpc) is 2.53. The lowest BCUT2D eigenvalue weighted by atomic mass is 9.84. The fraction of sp³-hybridized carbons (Fsp3) is 0.625. The highest BCUT2D eigenvalue weighted by Crippen LogP contribution is 2.35. The minimum atomic E-state index is 0.830. The van der Waals surface area contributed by atoms with E-state index in [0.29, 0.717) is 0 Å². The third kappa shape index (κ3) is 5.78. The van der Waals surface area contributed by atoms with E-state index in [1.54, 1.807) is 0 Å². The summed E-state index contributed by atoms with van der Waals surface area (Å²) < 4.78 is 0. The van der Waals surface area contributed by atoms with Gasteiger partial charge in [-0.15, -0.1) is 0 Å². The van der Waals surface area contributed by atoms with Gasteiger partial charge in [0.1, 0.15) is 0 Å². The Balaban J connectivity index is 1.59. The first-order valence-corrected chi connectivity index (χ1v) is 11.1. The average molecular weight is 345 g/mol. The second-order valence-corrected chi connectivity index (χ2v) is 8.78. The van der Waals surface area contributed by atoms with Crippen LogP contribution in [0.25, 0.3) is 0 Å². The molecule has 4 heteroatoms. The van der Waals surface area contributed by atoms with Gasteiger partial charge < -0.3 is 0 Å². The summed E-state index contributed by atoms with van der Waals surface area (Å²) in [6.07, 6.45) is 5.61. The summed E-state index contributed by atoms with van der Waals surface area (Å²) in [6.45, 7) is 0. The molecular weight excluding hydrogens is 320 g/mol. The highest BCUT2D eigenvalue weighted by molar-refractivity contribution is 8.76. The van der Waals surface area contributed by atoms with Crippen molar-refractivity contribution in [2.75, 3.05) is 11.5 Å². The van der Waals surface area contributed by atoms with Gasteiger partial charge in [0.2, 0.25) is 0 Å². The fourth-order valence-electron chi connectivity index (χ4n) is 2.58. The van der Waals surface area contributed by atoms with Gasteiger partial charge in [-0.25, -0.2) is 0 Å². The zero-order valence-corrected chi connectivity index (χ0v) is 15.3. The Morgan fingerprint density at radius 2 is 1.45 bits per heavy atom. The van der Waals surface area contributed by atoms with E-state index in [1.165, 1.54) is 42.6 Å². The fourth-order valence-corrected chi connectivity index (χ4v) is 5.71. The summed E-state index contributed by atoms with van der Waals surface area (Å²) in [5, 5.41) is 0. The molecule has 0 aromatic heterocycles. The van der Waals surface area contributed by atoms with Crippen molar-refractivity contribution in [1.82, 2.24) is 0 Å². The van der Waals surface area contributed by atoms with Crippen molar-refractivity contribution in [2.24, 2.45) is 11.8 Å². The van der Waals surface area contributed by atoms with Crippen LogP contribution in [0.1, 0.15) is 36.8 Å². The molecule has 0 unspecified atom stereocenters. The van der Waals surface area contributed by atoms with E-state index in [-0.39, 0.29) is 0 Å². The van der Waals surface area contributed by atoms with E-state index in [2.05, 4.69) is 60.3 Å². The predicted molar refractivity (Wildman–Crippen MR) is 102 cm³/mol. The maximum atomic E-state index is 4.42. The van der Waals surface area contributed by atoms with Crippen LogP contribution in [0.5, 0.6) is 0 Å². The lowest BCUT2D eigenvalue weighted by Crippen LogP contribution is -2.16. The van der Waals surface area contributed by atoms with Crippen LogP contribution in [0.15, 0.2) is 24.3 Å². The lowest BCUT2D eigenvalue weighted by molar-refractivity contribution is 0.316. The van der Waals surface area contributed by atoms with Gasteiger partial charge in [0.25, 0.3) is 0 Å². The molecule has 0 heterocycles. The molecule has 0 atom stereocenters. The topological polar surface area (TPSA) is 0 Å². The summed E-state index contributed by atoms with van der Waals surface area (Å²) in [6, 6.07) is 8.84. The summed E-state index contributed by atoms with van der Waals surface area (Å²) in [5.41, 5.74) is 2.72. The number of thiol groups is 2. The van der Waals surface area contributed by atoms with Crippen molar-refractivity contribution < 1.29 is 0 Å². The van der Waals surface area contributed by atoms with Crippen molar-refractivity contribution in [2.45, 2.75) is 37.2 Å². The Labute approximate surface area is 142 Å². The van der Waals surface area contributed by atoms with Gasteiger partial charge >= 0.3 is 0 Å². The summed E-state index contributed by atoms with van der Waals surface area (Å²) in [4.78, 5) is 0. The minimum absolute atomic E-state index is 0.830. The second kappa shape index (κ2) is 9.60. The molecule has 0 nitrogen and oxygen atoms in total. The van der Waals surface area contributed by atoms with Gasteiger partial charge in [-0.05, 0) is 54.4 Å². The van der Waals surface area contributed by atoms with Crippen molar-refractivity contribution in [1.29, 1.82) is 0 Å². The molecule has 0 saturated heterocycles. The molecule has 1 fully saturated rings. The molecule has 0 aliphatic heterocycles. The van der Waals surface area contributed by atoms with Crippen LogP contribution >= 0.6 is 46.8 Å². The van der Waals surface area contributed by atoms with Crippen molar-refractivity contribution >= 4 is 46.8 Å². The normalized spacial score (nSPS) is 22.9. The Morgan fingerprint density at radius 3 is 2.05 bits per heavy atom. The van der Waals surface area contributed by atoms with Gasteiger partial charge in [0, 0.05) is 17.3 Å². The summed E-state index contributed by atoms with van der Waals surface area (Å²) >= 11 is 8.71. The molecule has 2 rings (SSSR count). The monoisotopic (exact) mass is 344 g/mol. The van der Waals surface area contributed by atoms with Crippen LogP contribution < -0.4 is 0 Å². The second-order valence-electron chi connectivity index (χ2n) is 5.59. The smallest absolute Gasteiger partial charge is 0.0288 e. The molecule has 1 aromatic rings. The molecule has 0 spiro atoms. The Morgan fingerprint density at radius 1 is 0.850 bits per heavy atom. The van der Waals surface area contributed by atoms with Gasteiger partial charge in [-0.1, -0.05) is 45.9 Å². The van der Waals surface area contributed by atoms with E-state index in [4.69, 9.17) is 0 Å². The third-order valence-corrected chi connectivity index (χ3v) is 7.41. The van der Waals surface area contributed by atoms with Gasteiger partial charge in [0.15, 0.2) is 0 Å². The van der Waals surface area contributed by atoms with E-state index >= 15 is 0 Å². The van der Waals surface area contributed by atoms with Crippen LogP contribution in [0.4, 0.5) is 0 Å². The van der Waals surface area contributed by atoms with E-state index in [9.17, 15) is 0 Å². The Hall–Kier alpha value is 0.620. The molecule has 1 saturated carbocycles. The van der Waals surface area contributed by atoms with Crippen LogP contribution in [0.3, 0.4) is 0 Å². The molecule has 0 radical (unpaired) electrons. The zero-order valence-electron chi connectivity index (χ0n) is 11.8. The van der Waals surface area contributed by atoms with Crippen LogP contribution in [0.2, 0.25) is 0 Å². The van der Waals surface area contributed by atoms with Crippen LogP contribution in [-0.2, 0) is 11.5 Å². The number of rotatable bonds is 7. The first kappa shape index (κ1) is 17.0. The largest absolute Gasteiger partial charge is 0.179 e. The van der Waals surface area contributed by atoms with Crippen molar-refractivity contribution in [3.05, 3.63) is 35.4 Å². The Bertz CT molecular complexity index is 369. The van der Waals surface area contributed by atoms with Crippen molar-refractivity contribution in [3.8, 4) is 0 Å². The molecule has 0 amide bonds. The maximum Gasteiger partial charge on any atom is 0.0288 e. The number of benzene rings is 1. The lowest BCUT2D eigenvalue weighted by Gasteiger charge is -2.26. The minimum Gasteiger partial charge on any atom is -0.179 e. The quantitative estimate of drug-likeness (QED) is 0.368. The van der Waals surface area contributed by atoms with E-state index in [0.717, 1.165) is 29.1 Å². The summed E-state index contributed by atoms with van der Waals surface area (Å²) in [7, 11) is 4.06. The molecule has 20 heavy (non-hydrogen) atoms. The first-order chi connectivity index (χ1) is 9.81. The highest BCUT2D eigenvalue weighted by Gasteiger charge is 2.19. The molecule has 1 aliphatic rings. The highest BCUT2D eigenvalue weighted by atomic mass is 33.1. The van der Waals surface area contributed by atoms with E-state index < -0.39 is 0 Å². The SMILES string of the molecule is SCc1ccc(CSSCC2CCC(CS)CC2)cc1. The number of hydrogen-bond acceptors (Lipinski definition) is 4. The molecule has 0 N–H and O–H groups in total. The molecular formula is C16H24S4.